The second kappa shape index (κ2) is 9.74. The molecule has 2 saturated carbocycles. The summed E-state index contributed by atoms with van der Waals surface area (Å²) < 4.78 is 5.30. The number of rotatable bonds is 7. The highest BCUT2D eigenvalue weighted by Gasteiger charge is 2.25. The molecule has 0 atom stereocenters. The lowest BCUT2D eigenvalue weighted by Gasteiger charge is -2.28. The van der Waals surface area contributed by atoms with Gasteiger partial charge in [-0.3, -0.25) is 4.79 Å². The molecule has 150 valence electrons. The summed E-state index contributed by atoms with van der Waals surface area (Å²) in [7, 11) is 1.78. The van der Waals surface area contributed by atoms with E-state index in [4.69, 9.17) is 9.72 Å². The van der Waals surface area contributed by atoms with Gasteiger partial charge in [0.1, 0.15) is 5.82 Å². The van der Waals surface area contributed by atoms with E-state index < -0.39 is 0 Å². The Morgan fingerprint density at radius 3 is 2.26 bits per heavy atom. The largest absolute Gasteiger partial charge is 0.393 e. The molecule has 1 heterocycles. The topological polar surface area (TPSA) is 72.3 Å². The molecule has 0 aliphatic heterocycles. The average molecular weight is 375 g/mol. The quantitative estimate of drug-likeness (QED) is 0.736. The fourth-order valence-corrected chi connectivity index (χ4v) is 4.73. The van der Waals surface area contributed by atoms with Crippen LogP contribution in [0.2, 0.25) is 0 Å². The van der Waals surface area contributed by atoms with Gasteiger partial charge in [-0.2, -0.15) is 0 Å². The maximum absolute atomic E-state index is 12.1. The molecular formula is C22H34N2O3. The second-order valence-electron chi connectivity index (χ2n) is 8.63. The second-order valence-corrected chi connectivity index (χ2v) is 8.63. The van der Waals surface area contributed by atoms with Crippen molar-refractivity contribution in [3.8, 4) is 0 Å². The molecule has 5 nitrogen and oxygen atoms in total. The number of carbonyl (C=O) groups excluding carboxylic acids is 1. The fourth-order valence-electron chi connectivity index (χ4n) is 4.73. The Kier molecular flexibility index (Phi) is 7.36. The van der Waals surface area contributed by atoms with E-state index in [1.165, 1.54) is 25.7 Å². The molecule has 1 aromatic heterocycles. The number of aliphatic hydroxyl groups excluding tert-OH is 1. The Morgan fingerprint density at radius 2 is 1.63 bits per heavy atom. The minimum absolute atomic E-state index is 0.0606. The van der Waals surface area contributed by atoms with Gasteiger partial charge in [0.15, 0.2) is 5.78 Å². The fraction of sp³-hybridized carbons (Fsp3) is 0.773. The molecule has 1 aromatic rings. The molecule has 0 bridgehead atoms. The van der Waals surface area contributed by atoms with E-state index >= 15 is 0 Å². The SMILES string of the molecule is COCC1CCC(Cc2nc(CC3CCC(O)CC3)ncc2C(C)=O)CC1. The van der Waals surface area contributed by atoms with Gasteiger partial charge in [0.2, 0.25) is 0 Å². The number of ketones is 1. The van der Waals surface area contributed by atoms with Crippen LogP contribution in [0.5, 0.6) is 0 Å². The molecule has 0 spiro atoms. The summed E-state index contributed by atoms with van der Waals surface area (Å²) in [6, 6.07) is 0. The number of carbonyl (C=O) groups is 1. The van der Waals surface area contributed by atoms with Crippen molar-refractivity contribution in [3.63, 3.8) is 0 Å². The number of ether oxygens (including phenoxy) is 1. The van der Waals surface area contributed by atoms with Gasteiger partial charge < -0.3 is 9.84 Å². The molecule has 1 N–H and O–H groups in total. The Morgan fingerprint density at radius 1 is 1.04 bits per heavy atom. The van der Waals surface area contributed by atoms with Crippen LogP contribution in [0.3, 0.4) is 0 Å². The van der Waals surface area contributed by atoms with Crippen LogP contribution in [0.15, 0.2) is 6.20 Å². The number of aliphatic hydroxyl groups is 1. The molecule has 2 fully saturated rings. The maximum atomic E-state index is 12.1. The predicted octanol–water partition coefficient (Wildman–Crippen LogP) is 3.77. The molecule has 2 aliphatic carbocycles. The monoisotopic (exact) mass is 374 g/mol. The van der Waals surface area contributed by atoms with Crippen molar-refractivity contribution < 1.29 is 14.6 Å². The average Bonchev–Trinajstić information content (AvgIpc) is 2.65. The van der Waals surface area contributed by atoms with Gasteiger partial charge in [0, 0.05) is 26.3 Å². The van der Waals surface area contributed by atoms with E-state index in [2.05, 4.69) is 4.98 Å². The zero-order chi connectivity index (χ0) is 19.2. The third kappa shape index (κ3) is 5.82. The smallest absolute Gasteiger partial charge is 0.163 e. The van der Waals surface area contributed by atoms with Crippen molar-refractivity contribution in [2.45, 2.75) is 77.2 Å². The van der Waals surface area contributed by atoms with Crippen LogP contribution in [0.4, 0.5) is 0 Å². The van der Waals surface area contributed by atoms with Crippen molar-refractivity contribution in [2.24, 2.45) is 17.8 Å². The van der Waals surface area contributed by atoms with Crippen LogP contribution in [0.25, 0.3) is 0 Å². The van der Waals surface area contributed by atoms with E-state index in [9.17, 15) is 9.90 Å². The number of nitrogens with zero attached hydrogens (tertiary/aromatic N) is 2. The summed E-state index contributed by atoms with van der Waals surface area (Å²) in [5.74, 6) is 2.76. The molecule has 2 aliphatic rings. The van der Waals surface area contributed by atoms with Crippen molar-refractivity contribution in [3.05, 3.63) is 23.3 Å². The van der Waals surface area contributed by atoms with Crippen LogP contribution in [-0.4, -0.2) is 40.7 Å². The molecule has 0 saturated heterocycles. The van der Waals surface area contributed by atoms with E-state index in [1.54, 1.807) is 20.2 Å². The molecule has 0 radical (unpaired) electrons. The predicted molar refractivity (Wildman–Crippen MR) is 105 cm³/mol. The Hall–Kier alpha value is -1.33. The summed E-state index contributed by atoms with van der Waals surface area (Å²) in [4.78, 5) is 21.4. The Labute approximate surface area is 162 Å². The van der Waals surface area contributed by atoms with Crippen LogP contribution in [0, 0.1) is 17.8 Å². The van der Waals surface area contributed by atoms with Gasteiger partial charge in [-0.05, 0) is 82.5 Å². The number of hydrogen-bond donors (Lipinski definition) is 1. The number of methoxy groups -OCH3 is 1. The maximum Gasteiger partial charge on any atom is 0.163 e. The molecule has 0 amide bonds. The molecule has 0 aromatic carbocycles. The Balaban J connectivity index is 1.64. The minimum Gasteiger partial charge on any atom is -0.393 e. The van der Waals surface area contributed by atoms with Crippen molar-refractivity contribution >= 4 is 5.78 Å². The summed E-state index contributed by atoms with van der Waals surface area (Å²) in [6.45, 7) is 2.47. The zero-order valence-corrected chi connectivity index (χ0v) is 16.8. The van der Waals surface area contributed by atoms with E-state index in [-0.39, 0.29) is 11.9 Å². The zero-order valence-electron chi connectivity index (χ0n) is 16.8. The standard InChI is InChI=1S/C22H34N2O3/c1-15(25)20-13-23-22(12-17-7-9-19(26)10-8-17)24-21(20)11-16-3-5-18(6-4-16)14-27-2/h13,16-19,26H,3-12,14H2,1-2H3. The molecule has 3 rings (SSSR count). The summed E-state index contributed by atoms with van der Waals surface area (Å²) in [5, 5.41) is 9.69. The van der Waals surface area contributed by atoms with Crippen LogP contribution in [-0.2, 0) is 17.6 Å². The van der Waals surface area contributed by atoms with Crippen LogP contribution in [0.1, 0.15) is 80.2 Å². The van der Waals surface area contributed by atoms with Gasteiger partial charge in [0.25, 0.3) is 0 Å². The lowest BCUT2D eigenvalue weighted by atomic mass is 9.80. The first-order valence-electron chi connectivity index (χ1n) is 10.6. The number of hydrogen-bond acceptors (Lipinski definition) is 5. The minimum atomic E-state index is -0.133. The molecular weight excluding hydrogens is 340 g/mol. The summed E-state index contributed by atoms with van der Waals surface area (Å²) in [6.07, 6.45) is 12.0. The van der Waals surface area contributed by atoms with E-state index in [0.717, 1.165) is 56.7 Å². The van der Waals surface area contributed by atoms with Crippen molar-refractivity contribution in [1.82, 2.24) is 9.97 Å². The van der Waals surface area contributed by atoms with E-state index in [0.29, 0.717) is 23.3 Å². The third-order valence-corrected chi connectivity index (χ3v) is 6.44. The normalized spacial score (nSPS) is 28.9. The van der Waals surface area contributed by atoms with Crippen LogP contribution < -0.4 is 0 Å². The summed E-state index contributed by atoms with van der Waals surface area (Å²) >= 11 is 0. The van der Waals surface area contributed by atoms with Gasteiger partial charge in [-0.25, -0.2) is 9.97 Å². The van der Waals surface area contributed by atoms with Gasteiger partial charge >= 0.3 is 0 Å². The number of aromatic nitrogens is 2. The highest BCUT2D eigenvalue weighted by Crippen LogP contribution is 2.32. The molecule has 0 unspecified atom stereocenters. The summed E-state index contributed by atoms with van der Waals surface area (Å²) in [5.41, 5.74) is 1.63. The van der Waals surface area contributed by atoms with Crippen LogP contribution >= 0.6 is 0 Å². The third-order valence-electron chi connectivity index (χ3n) is 6.44. The lowest BCUT2D eigenvalue weighted by Crippen LogP contribution is -2.22. The van der Waals surface area contributed by atoms with Gasteiger partial charge in [-0.1, -0.05) is 0 Å². The van der Waals surface area contributed by atoms with Gasteiger partial charge in [0.05, 0.1) is 17.4 Å². The first-order chi connectivity index (χ1) is 13.0. The highest BCUT2D eigenvalue weighted by atomic mass is 16.5. The Bertz CT molecular complexity index is 618. The highest BCUT2D eigenvalue weighted by molar-refractivity contribution is 5.94. The molecule has 27 heavy (non-hydrogen) atoms. The van der Waals surface area contributed by atoms with Crippen molar-refractivity contribution in [2.75, 3.05) is 13.7 Å². The lowest BCUT2D eigenvalue weighted by molar-refractivity contribution is 0.101. The van der Waals surface area contributed by atoms with Crippen molar-refractivity contribution in [1.29, 1.82) is 0 Å². The first kappa shape index (κ1) is 20.4. The first-order valence-corrected chi connectivity index (χ1v) is 10.6. The van der Waals surface area contributed by atoms with Gasteiger partial charge in [-0.15, -0.1) is 0 Å². The molecule has 5 heteroatoms. The van der Waals surface area contributed by atoms with E-state index in [1.807, 2.05) is 0 Å². The number of Topliss-reactive ketones (excluding diaryl/α,β-unsaturated/α-hetero) is 1.